The molecule has 0 unspecified atom stereocenters. The molecule has 2 aromatic rings. The minimum absolute atomic E-state index is 0.0979. The van der Waals surface area contributed by atoms with Crippen LogP contribution in [0.2, 0.25) is 0 Å². The van der Waals surface area contributed by atoms with Gasteiger partial charge in [-0.25, -0.2) is 4.79 Å². The van der Waals surface area contributed by atoms with Gasteiger partial charge >= 0.3 is 5.97 Å². The van der Waals surface area contributed by atoms with Gasteiger partial charge in [0.05, 0.1) is 5.56 Å². The number of aromatic carboxylic acids is 1. The highest BCUT2D eigenvalue weighted by molar-refractivity contribution is 5.87. The Morgan fingerprint density at radius 1 is 1.04 bits per heavy atom. The minimum atomic E-state index is -0.886. The van der Waals surface area contributed by atoms with E-state index in [9.17, 15) is 9.59 Å². The van der Waals surface area contributed by atoms with Gasteiger partial charge in [-0.2, -0.15) is 0 Å². The highest BCUT2D eigenvalue weighted by Crippen LogP contribution is 2.31. The second-order valence-corrected chi connectivity index (χ2v) is 7.51. The number of pyridine rings is 1. The lowest BCUT2D eigenvalue weighted by molar-refractivity contribution is 0.0697. The lowest BCUT2D eigenvalue weighted by Crippen LogP contribution is -2.34. The number of anilines is 1. The van der Waals surface area contributed by atoms with Crippen LogP contribution in [0.4, 0.5) is 5.69 Å². The molecule has 0 bridgehead atoms. The van der Waals surface area contributed by atoms with Gasteiger partial charge in [-0.05, 0) is 61.3 Å². The predicted octanol–water partition coefficient (Wildman–Crippen LogP) is 3.34. The second kappa shape index (κ2) is 6.98. The van der Waals surface area contributed by atoms with Crippen LogP contribution in [0.5, 0.6) is 0 Å². The number of aromatic nitrogens is 1. The molecular weight excluding hydrogens is 328 g/mol. The number of rotatable bonds is 5. The normalized spacial score (nSPS) is 18.1. The van der Waals surface area contributed by atoms with E-state index < -0.39 is 5.97 Å². The number of benzene rings is 1. The third-order valence-electron chi connectivity index (χ3n) is 5.62. The smallest absolute Gasteiger partial charge is 0.335 e. The molecule has 2 heterocycles. The Morgan fingerprint density at radius 3 is 2.31 bits per heavy atom. The summed E-state index contributed by atoms with van der Waals surface area (Å²) in [6.07, 6.45) is 6.45. The standard InChI is InChI=1S/C21H24N2O3/c24-20-13-19(9-12-23(20)14-15-1-2-15)22-10-7-17(8-11-22)16-3-5-18(6-4-16)21(25)26/h3-6,9,12-13,15,17H,1-2,7-8,10-11,14H2,(H,25,26). The molecule has 1 aliphatic carbocycles. The molecule has 1 aliphatic heterocycles. The molecule has 1 saturated carbocycles. The Balaban J connectivity index is 1.39. The molecule has 0 atom stereocenters. The van der Waals surface area contributed by atoms with Crippen molar-refractivity contribution in [2.45, 2.75) is 38.1 Å². The average Bonchev–Trinajstić information content (AvgIpc) is 3.48. The summed E-state index contributed by atoms with van der Waals surface area (Å²) in [7, 11) is 0. The lowest BCUT2D eigenvalue weighted by atomic mass is 9.89. The number of piperidine rings is 1. The Labute approximate surface area is 152 Å². The van der Waals surface area contributed by atoms with Gasteiger partial charge in [-0.3, -0.25) is 4.79 Å². The first-order chi connectivity index (χ1) is 12.6. The number of nitrogens with zero attached hydrogens (tertiary/aromatic N) is 2. The second-order valence-electron chi connectivity index (χ2n) is 7.51. The van der Waals surface area contributed by atoms with Crippen LogP contribution in [0.15, 0.2) is 47.4 Å². The highest BCUT2D eigenvalue weighted by atomic mass is 16.4. The van der Waals surface area contributed by atoms with Crippen LogP contribution < -0.4 is 10.5 Å². The number of carboxylic acids is 1. The first-order valence-corrected chi connectivity index (χ1v) is 9.39. The van der Waals surface area contributed by atoms with Crippen LogP contribution in [-0.4, -0.2) is 28.7 Å². The van der Waals surface area contributed by atoms with Gasteiger partial charge in [-0.15, -0.1) is 0 Å². The highest BCUT2D eigenvalue weighted by Gasteiger charge is 2.23. The lowest BCUT2D eigenvalue weighted by Gasteiger charge is -2.34. The maximum absolute atomic E-state index is 12.3. The SMILES string of the molecule is O=C(O)c1ccc(C2CCN(c3ccn(CC4CC4)c(=O)c3)CC2)cc1. The van der Waals surface area contributed by atoms with E-state index in [-0.39, 0.29) is 5.56 Å². The Kier molecular flexibility index (Phi) is 4.53. The van der Waals surface area contributed by atoms with Crippen molar-refractivity contribution in [2.75, 3.05) is 18.0 Å². The maximum Gasteiger partial charge on any atom is 0.335 e. The van der Waals surface area contributed by atoms with E-state index in [0.29, 0.717) is 17.4 Å². The molecule has 1 saturated heterocycles. The van der Waals surface area contributed by atoms with E-state index in [1.54, 1.807) is 18.2 Å². The van der Waals surface area contributed by atoms with Crippen molar-refractivity contribution in [3.05, 3.63) is 64.1 Å². The summed E-state index contributed by atoms with van der Waals surface area (Å²) in [5, 5.41) is 9.01. The van der Waals surface area contributed by atoms with Crippen molar-refractivity contribution in [1.29, 1.82) is 0 Å². The van der Waals surface area contributed by atoms with Gasteiger partial charge in [0.25, 0.3) is 5.56 Å². The van der Waals surface area contributed by atoms with Gasteiger partial charge < -0.3 is 14.6 Å². The summed E-state index contributed by atoms with van der Waals surface area (Å²) in [6.45, 7) is 2.68. The fourth-order valence-corrected chi connectivity index (χ4v) is 3.79. The van der Waals surface area contributed by atoms with Crippen molar-refractivity contribution in [2.24, 2.45) is 5.92 Å². The summed E-state index contributed by atoms with van der Waals surface area (Å²) in [5.41, 5.74) is 2.65. The topological polar surface area (TPSA) is 62.5 Å². The molecule has 1 aromatic carbocycles. The molecule has 5 nitrogen and oxygen atoms in total. The number of hydrogen-bond acceptors (Lipinski definition) is 3. The molecule has 1 aromatic heterocycles. The summed E-state index contributed by atoms with van der Waals surface area (Å²) in [5.74, 6) is 0.258. The van der Waals surface area contributed by atoms with E-state index in [0.717, 1.165) is 38.2 Å². The quantitative estimate of drug-likeness (QED) is 0.896. The Hall–Kier alpha value is -2.56. The Bertz CT molecular complexity index is 844. The van der Waals surface area contributed by atoms with E-state index in [2.05, 4.69) is 11.0 Å². The Morgan fingerprint density at radius 2 is 1.73 bits per heavy atom. The molecule has 0 radical (unpaired) electrons. The van der Waals surface area contributed by atoms with Crippen molar-refractivity contribution >= 4 is 11.7 Å². The number of carbonyl (C=O) groups is 1. The van der Waals surface area contributed by atoms with Crippen molar-refractivity contribution in [3.8, 4) is 0 Å². The monoisotopic (exact) mass is 352 g/mol. The molecule has 0 spiro atoms. The van der Waals surface area contributed by atoms with E-state index in [1.807, 2.05) is 22.9 Å². The number of carboxylic acid groups (broad SMARTS) is 1. The fraction of sp³-hybridized carbons (Fsp3) is 0.429. The van der Waals surface area contributed by atoms with E-state index in [1.165, 1.54) is 18.4 Å². The molecule has 1 N–H and O–H groups in total. The molecule has 2 fully saturated rings. The third-order valence-corrected chi connectivity index (χ3v) is 5.62. The molecule has 2 aliphatic rings. The third kappa shape index (κ3) is 3.66. The first kappa shape index (κ1) is 16.9. The summed E-state index contributed by atoms with van der Waals surface area (Å²) in [4.78, 5) is 25.6. The van der Waals surface area contributed by atoms with Gasteiger partial charge in [0.1, 0.15) is 0 Å². The fourth-order valence-electron chi connectivity index (χ4n) is 3.79. The summed E-state index contributed by atoms with van der Waals surface area (Å²) in [6, 6.07) is 11.1. The van der Waals surface area contributed by atoms with Gasteiger partial charge in [0.2, 0.25) is 0 Å². The van der Waals surface area contributed by atoms with Gasteiger partial charge in [0.15, 0.2) is 0 Å². The zero-order valence-corrected chi connectivity index (χ0v) is 14.8. The molecule has 4 rings (SSSR count). The largest absolute Gasteiger partial charge is 0.478 e. The van der Waals surface area contributed by atoms with Crippen LogP contribution in [0.25, 0.3) is 0 Å². The minimum Gasteiger partial charge on any atom is -0.478 e. The van der Waals surface area contributed by atoms with E-state index in [4.69, 9.17) is 5.11 Å². The van der Waals surface area contributed by atoms with E-state index >= 15 is 0 Å². The number of hydrogen-bond donors (Lipinski definition) is 1. The van der Waals surface area contributed by atoms with Gasteiger partial charge in [0, 0.05) is 37.6 Å². The molecule has 0 amide bonds. The predicted molar refractivity (Wildman–Crippen MR) is 101 cm³/mol. The van der Waals surface area contributed by atoms with Crippen LogP contribution >= 0.6 is 0 Å². The average molecular weight is 352 g/mol. The van der Waals surface area contributed by atoms with Crippen LogP contribution in [0.1, 0.15) is 47.5 Å². The molecule has 26 heavy (non-hydrogen) atoms. The summed E-state index contributed by atoms with van der Waals surface area (Å²) < 4.78 is 1.83. The van der Waals surface area contributed by atoms with Crippen LogP contribution in [0, 0.1) is 5.92 Å². The molecule has 5 heteroatoms. The molecular formula is C21H24N2O3. The first-order valence-electron chi connectivity index (χ1n) is 9.39. The summed E-state index contributed by atoms with van der Waals surface area (Å²) >= 11 is 0. The van der Waals surface area contributed by atoms with Crippen LogP contribution in [-0.2, 0) is 6.54 Å². The van der Waals surface area contributed by atoms with Crippen molar-refractivity contribution < 1.29 is 9.90 Å². The maximum atomic E-state index is 12.3. The van der Waals surface area contributed by atoms with Gasteiger partial charge in [-0.1, -0.05) is 12.1 Å². The van der Waals surface area contributed by atoms with Crippen LogP contribution in [0.3, 0.4) is 0 Å². The molecule has 136 valence electrons. The van der Waals surface area contributed by atoms with Crippen molar-refractivity contribution in [1.82, 2.24) is 4.57 Å². The zero-order valence-electron chi connectivity index (χ0n) is 14.8. The van der Waals surface area contributed by atoms with Crippen molar-refractivity contribution in [3.63, 3.8) is 0 Å². The zero-order chi connectivity index (χ0) is 18.1.